The second-order valence-electron chi connectivity index (χ2n) is 9.72. The van der Waals surface area contributed by atoms with Crippen LogP contribution in [-0.2, 0) is 20.4 Å². The molecule has 7 heteroatoms. The summed E-state index contributed by atoms with van der Waals surface area (Å²) in [5.74, 6) is 0.803. The molecule has 4 nitrogen and oxygen atoms in total. The van der Waals surface area contributed by atoms with E-state index in [0.29, 0.717) is 11.8 Å². The van der Waals surface area contributed by atoms with E-state index in [0.717, 1.165) is 43.6 Å². The van der Waals surface area contributed by atoms with E-state index in [2.05, 4.69) is 18.7 Å². The van der Waals surface area contributed by atoms with Crippen molar-refractivity contribution in [2.24, 2.45) is 11.8 Å². The number of hydrogen-bond acceptors (Lipinski definition) is 4. The van der Waals surface area contributed by atoms with Crippen molar-refractivity contribution in [3.05, 3.63) is 35.4 Å². The molecule has 1 aliphatic carbocycles. The first-order chi connectivity index (χ1) is 15.2. The normalized spacial score (nSPS) is 24.9. The van der Waals surface area contributed by atoms with Gasteiger partial charge in [-0.05, 0) is 55.2 Å². The van der Waals surface area contributed by atoms with Gasteiger partial charge in [0.2, 0.25) is 0 Å². The van der Waals surface area contributed by atoms with Crippen LogP contribution in [0.2, 0.25) is 0 Å². The molecule has 3 unspecified atom stereocenters. The summed E-state index contributed by atoms with van der Waals surface area (Å²) >= 11 is 0. The summed E-state index contributed by atoms with van der Waals surface area (Å²) in [5.41, 5.74) is 0.0717. The maximum absolute atomic E-state index is 13.1. The van der Waals surface area contributed by atoms with E-state index in [1.165, 1.54) is 44.9 Å². The number of esters is 1. The molecular formula is C25H36F3NO3. The Morgan fingerprint density at radius 3 is 2.34 bits per heavy atom. The molecule has 3 rings (SSSR count). The molecule has 3 atom stereocenters. The summed E-state index contributed by atoms with van der Waals surface area (Å²) in [7, 11) is 1.35. The first-order valence-electron chi connectivity index (χ1n) is 11.8. The van der Waals surface area contributed by atoms with Crippen LogP contribution in [0.5, 0.6) is 0 Å². The number of halogens is 3. The molecule has 1 saturated heterocycles. The molecule has 0 radical (unpaired) electrons. The van der Waals surface area contributed by atoms with Crippen molar-refractivity contribution in [2.45, 2.75) is 83.2 Å². The molecule has 1 heterocycles. The largest absolute Gasteiger partial charge is 0.469 e. The van der Waals surface area contributed by atoms with E-state index in [9.17, 15) is 18.0 Å². The maximum Gasteiger partial charge on any atom is 0.416 e. The predicted molar refractivity (Wildman–Crippen MR) is 117 cm³/mol. The van der Waals surface area contributed by atoms with E-state index >= 15 is 0 Å². The number of nitrogens with zero attached hydrogens (tertiary/aromatic N) is 1. The number of carbonyl (C=O) groups is 1. The molecule has 180 valence electrons. The topological polar surface area (TPSA) is 38.8 Å². The van der Waals surface area contributed by atoms with E-state index in [-0.39, 0.29) is 30.6 Å². The van der Waals surface area contributed by atoms with Crippen LogP contribution in [0.25, 0.3) is 0 Å². The maximum atomic E-state index is 13.1. The summed E-state index contributed by atoms with van der Waals surface area (Å²) in [4.78, 5) is 14.3. The van der Waals surface area contributed by atoms with Gasteiger partial charge in [-0.3, -0.25) is 9.69 Å². The van der Waals surface area contributed by atoms with Gasteiger partial charge in [0.25, 0.3) is 0 Å². The summed E-state index contributed by atoms with van der Waals surface area (Å²) < 4.78 is 50.5. The highest BCUT2D eigenvalue weighted by Crippen LogP contribution is 2.39. The Bertz CT molecular complexity index is 729. The second-order valence-corrected chi connectivity index (χ2v) is 9.72. The smallest absolute Gasteiger partial charge is 0.416 e. The number of methoxy groups -OCH3 is 1. The minimum absolute atomic E-state index is 0.0728. The van der Waals surface area contributed by atoms with Gasteiger partial charge in [-0.1, -0.05) is 38.8 Å². The molecule has 2 fully saturated rings. The van der Waals surface area contributed by atoms with Crippen LogP contribution >= 0.6 is 0 Å². The highest BCUT2D eigenvalue weighted by molar-refractivity contribution is 5.69. The lowest BCUT2D eigenvalue weighted by molar-refractivity contribution is -0.151. The molecule has 32 heavy (non-hydrogen) atoms. The van der Waals surface area contributed by atoms with Crippen molar-refractivity contribution >= 4 is 5.97 Å². The fourth-order valence-corrected chi connectivity index (χ4v) is 5.17. The zero-order valence-electron chi connectivity index (χ0n) is 19.4. The highest BCUT2D eigenvalue weighted by Gasteiger charge is 2.38. The first-order valence-corrected chi connectivity index (χ1v) is 11.8. The molecule has 1 aromatic rings. The first kappa shape index (κ1) is 25.0. The molecule has 0 amide bonds. The lowest BCUT2D eigenvalue weighted by atomic mass is 9.89. The number of alkyl halides is 3. The van der Waals surface area contributed by atoms with Crippen molar-refractivity contribution in [1.29, 1.82) is 0 Å². The SMILES string of the molecule is COC(=O)CC1CCC(N(CC(C)C)CC2CCCC2)C(c2ccc(C(F)(F)F)cc2)O1. The number of hydrogen-bond donors (Lipinski definition) is 0. The Labute approximate surface area is 189 Å². The van der Waals surface area contributed by atoms with Gasteiger partial charge in [0.05, 0.1) is 31.3 Å². The Morgan fingerprint density at radius 1 is 1.12 bits per heavy atom. The third-order valence-electron chi connectivity index (χ3n) is 6.70. The fourth-order valence-electron chi connectivity index (χ4n) is 5.17. The predicted octanol–water partition coefficient (Wildman–Crippen LogP) is 6.01. The fraction of sp³-hybridized carbons (Fsp3) is 0.720. The Balaban J connectivity index is 1.85. The molecule has 0 N–H and O–H groups in total. The molecular weight excluding hydrogens is 419 g/mol. The molecule has 0 aromatic heterocycles. The van der Waals surface area contributed by atoms with E-state index in [4.69, 9.17) is 9.47 Å². The van der Waals surface area contributed by atoms with Gasteiger partial charge in [0, 0.05) is 19.1 Å². The van der Waals surface area contributed by atoms with Crippen molar-refractivity contribution in [1.82, 2.24) is 4.90 Å². The Kier molecular flexibility index (Phi) is 8.62. The molecule has 0 spiro atoms. The lowest BCUT2D eigenvalue weighted by Gasteiger charge is -2.44. The molecule has 1 aliphatic heterocycles. The quantitative estimate of drug-likeness (QED) is 0.450. The number of ether oxygens (including phenoxy) is 2. The van der Waals surface area contributed by atoms with Gasteiger partial charge < -0.3 is 9.47 Å². The van der Waals surface area contributed by atoms with Crippen molar-refractivity contribution in [3.8, 4) is 0 Å². The van der Waals surface area contributed by atoms with Crippen molar-refractivity contribution in [2.75, 3.05) is 20.2 Å². The lowest BCUT2D eigenvalue weighted by Crippen LogP contribution is -2.48. The second kappa shape index (κ2) is 11.0. The average molecular weight is 456 g/mol. The van der Waals surface area contributed by atoms with Crippen molar-refractivity contribution in [3.63, 3.8) is 0 Å². The minimum atomic E-state index is -4.37. The van der Waals surface area contributed by atoms with E-state index in [1.807, 2.05) is 0 Å². The summed E-state index contributed by atoms with van der Waals surface area (Å²) in [5, 5.41) is 0. The third-order valence-corrected chi connectivity index (χ3v) is 6.70. The van der Waals surface area contributed by atoms with Crippen LogP contribution in [-0.4, -0.2) is 43.2 Å². The van der Waals surface area contributed by atoms with Gasteiger partial charge in [0.15, 0.2) is 0 Å². The van der Waals surface area contributed by atoms with Gasteiger partial charge in [-0.25, -0.2) is 0 Å². The average Bonchev–Trinajstić information content (AvgIpc) is 3.25. The van der Waals surface area contributed by atoms with Crippen LogP contribution < -0.4 is 0 Å². The summed E-state index contributed by atoms with van der Waals surface area (Å²) in [6, 6.07) is 5.39. The van der Waals surface area contributed by atoms with Crippen molar-refractivity contribution < 1.29 is 27.4 Å². The number of rotatable bonds is 8. The van der Waals surface area contributed by atoms with Gasteiger partial charge in [-0.15, -0.1) is 0 Å². The zero-order valence-corrected chi connectivity index (χ0v) is 19.4. The van der Waals surface area contributed by atoms with Gasteiger partial charge in [0.1, 0.15) is 0 Å². The van der Waals surface area contributed by atoms with Crippen LogP contribution in [0.4, 0.5) is 13.2 Å². The van der Waals surface area contributed by atoms with Gasteiger partial charge in [-0.2, -0.15) is 13.2 Å². The van der Waals surface area contributed by atoms with Crippen LogP contribution in [0.15, 0.2) is 24.3 Å². The van der Waals surface area contributed by atoms with Gasteiger partial charge >= 0.3 is 12.1 Å². The van der Waals surface area contributed by atoms with Crippen LogP contribution in [0, 0.1) is 11.8 Å². The minimum Gasteiger partial charge on any atom is -0.469 e. The number of benzene rings is 1. The summed E-state index contributed by atoms with van der Waals surface area (Å²) in [6.07, 6.45) is 1.70. The molecule has 0 bridgehead atoms. The number of carbonyl (C=O) groups excluding carboxylic acids is 1. The molecule has 2 aliphatic rings. The van der Waals surface area contributed by atoms with Crippen LogP contribution in [0.1, 0.15) is 76.0 Å². The molecule has 1 saturated carbocycles. The zero-order chi connectivity index (χ0) is 23.3. The highest BCUT2D eigenvalue weighted by atomic mass is 19.4. The standard InChI is InChI=1S/C25H36F3NO3/c1-17(2)15-29(16-18-6-4-5-7-18)22-13-12-21(14-23(30)31-3)32-24(22)19-8-10-20(11-9-19)25(26,27)28/h8-11,17-18,21-22,24H,4-7,12-16H2,1-3H3. The van der Waals surface area contributed by atoms with E-state index in [1.54, 1.807) is 0 Å². The monoisotopic (exact) mass is 455 g/mol. The Hall–Kier alpha value is -1.60. The van der Waals surface area contributed by atoms with E-state index < -0.39 is 11.7 Å². The molecule has 1 aromatic carbocycles. The third kappa shape index (κ3) is 6.70. The summed E-state index contributed by atoms with van der Waals surface area (Å²) in [6.45, 7) is 6.30. The van der Waals surface area contributed by atoms with Crippen LogP contribution in [0.3, 0.4) is 0 Å². The Morgan fingerprint density at radius 2 is 1.78 bits per heavy atom.